The van der Waals surface area contributed by atoms with Gasteiger partial charge in [0.15, 0.2) is 5.82 Å². The Balaban J connectivity index is 2.00. The van der Waals surface area contributed by atoms with Crippen molar-refractivity contribution < 1.29 is 14.3 Å². The standard InChI is InChI=1S/C13H19ClN4O3/c1-3-21-13(19)18-6-4-17(5-7-18)12-8-10(14)15-11(16-12)9-20-2/h8H,3-7,9H2,1-2H3. The Morgan fingerprint density at radius 1 is 1.33 bits per heavy atom. The summed E-state index contributed by atoms with van der Waals surface area (Å²) in [6, 6.07) is 1.72. The number of aromatic nitrogens is 2. The molecule has 1 aliphatic heterocycles. The van der Waals surface area contributed by atoms with Crippen LogP contribution in [0.4, 0.5) is 10.6 Å². The second-order valence-electron chi connectivity index (χ2n) is 4.57. The van der Waals surface area contributed by atoms with Crippen LogP contribution in [-0.2, 0) is 16.1 Å². The van der Waals surface area contributed by atoms with E-state index >= 15 is 0 Å². The third-order valence-electron chi connectivity index (χ3n) is 3.13. The van der Waals surface area contributed by atoms with Crippen LogP contribution in [0.1, 0.15) is 12.7 Å². The van der Waals surface area contributed by atoms with Gasteiger partial charge in [-0.25, -0.2) is 14.8 Å². The van der Waals surface area contributed by atoms with E-state index < -0.39 is 0 Å². The number of anilines is 1. The van der Waals surface area contributed by atoms with Crippen LogP contribution in [-0.4, -0.2) is 60.9 Å². The molecule has 2 heterocycles. The zero-order chi connectivity index (χ0) is 15.2. The second-order valence-corrected chi connectivity index (χ2v) is 4.96. The highest BCUT2D eigenvalue weighted by Crippen LogP contribution is 2.18. The monoisotopic (exact) mass is 314 g/mol. The summed E-state index contributed by atoms with van der Waals surface area (Å²) in [7, 11) is 1.59. The van der Waals surface area contributed by atoms with Crippen LogP contribution >= 0.6 is 11.6 Å². The summed E-state index contributed by atoms with van der Waals surface area (Å²) in [5.74, 6) is 1.30. The van der Waals surface area contributed by atoms with Crippen molar-refractivity contribution in [1.82, 2.24) is 14.9 Å². The quantitative estimate of drug-likeness (QED) is 0.786. The predicted octanol–water partition coefficient (Wildman–Crippen LogP) is 1.55. The summed E-state index contributed by atoms with van der Waals surface area (Å²) in [4.78, 5) is 23.9. The zero-order valence-electron chi connectivity index (χ0n) is 12.2. The summed E-state index contributed by atoms with van der Waals surface area (Å²) in [6.07, 6.45) is -0.266. The number of rotatable bonds is 4. The van der Waals surface area contributed by atoms with Gasteiger partial charge in [0.25, 0.3) is 0 Å². The maximum Gasteiger partial charge on any atom is 0.409 e. The molecule has 0 atom stereocenters. The normalized spacial score (nSPS) is 15.2. The topological polar surface area (TPSA) is 67.8 Å². The lowest BCUT2D eigenvalue weighted by Gasteiger charge is -2.34. The Kier molecular flexibility index (Phi) is 5.58. The lowest BCUT2D eigenvalue weighted by Crippen LogP contribution is -2.49. The first-order valence-electron chi connectivity index (χ1n) is 6.83. The van der Waals surface area contributed by atoms with Gasteiger partial charge in [0.1, 0.15) is 17.6 Å². The van der Waals surface area contributed by atoms with E-state index in [9.17, 15) is 4.79 Å². The number of carbonyl (C=O) groups excluding carboxylic acids is 1. The van der Waals surface area contributed by atoms with Crippen LogP contribution in [0.25, 0.3) is 0 Å². The van der Waals surface area contributed by atoms with Crippen molar-refractivity contribution >= 4 is 23.5 Å². The van der Waals surface area contributed by atoms with Crippen LogP contribution in [0.2, 0.25) is 5.15 Å². The fourth-order valence-electron chi connectivity index (χ4n) is 2.14. The molecule has 1 aliphatic rings. The molecule has 0 bridgehead atoms. The first-order valence-corrected chi connectivity index (χ1v) is 7.21. The first kappa shape index (κ1) is 15.8. The Hall–Kier alpha value is -1.60. The highest BCUT2D eigenvalue weighted by Gasteiger charge is 2.23. The summed E-state index contributed by atoms with van der Waals surface area (Å²) >= 11 is 6.01. The smallest absolute Gasteiger partial charge is 0.409 e. The van der Waals surface area contributed by atoms with E-state index in [1.54, 1.807) is 25.0 Å². The molecule has 7 nitrogen and oxygen atoms in total. The van der Waals surface area contributed by atoms with Crippen molar-refractivity contribution in [2.45, 2.75) is 13.5 Å². The fraction of sp³-hybridized carbons (Fsp3) is 0.615. The number of hydrogen-bond acceptors (Lipinski definition) is 6. The van der Waals surface area contributed by atoms with E-state index in [4.69, 9.17) is 21.1 Å². The Labute approximate surface area is 128 Å². The number of hydrogen-bond donors (Lipinski definition) is 0. The van der Waals surface area contributed by atoms with Crippen LogP contribution < -0.4 is 4.90 Å². The van der Waals surface area contributed by atoms with Crippen molar-refractivity contribution in [2.75, 3.05) is 44.8 Å². The van der Waals surface area contributed by atoms with E-state index in [0.29, 0.717) is 50.4 Å². The molecule has 1 saturated heterocycles. The molecular formula is C13H19ClN4O3. The van der Waals surface area contributed by atoms with E-state index in [1.807, 2.05) is 0 Å². The van der Waals surface area contributed by atoms with Crippen molar-refractivity contribution in [1.29, 1.82) is 0 Å². The molecule has 1 aromatic rings. The number of carbonyl (C=O) groups is 1. The maximum atomic E-state index is 11.7. The SMILES string of the molecule is CCOC(=O)N1CCN(c2cc(Cl)nc(COC)n2)CC1. The summed E-state index contributed by atoms with van der Waals surface area (Å²) < 4.78 is 10.0. The molecule has 0 aliphatic carbocycles. The molecule has 1 amide bonds. The number of piperazine rings is 1. The molecular weight excluding hydrogens is 296 g/mol. The van der Waals surface area contributed by atoms with Gasteiger partial charge in [0.2, 0.25) is 0 Å². The first-order chi connectivity index (χ1) is 10.1. The van der Waals surface area contributed by atoms with E-state index in [-0.39, 0.29) is 6.09 Å². The van der Waals surface area contributed by atoms with Gasteiger partial charge in [0, 0.05) is 39.4 Å². The average Bonchev–Trinajstić information content (AvgIpc) is 2.47. The van der Waals surface area contributed by atoms with Crippen molar-refractivity contribution in [3.05, 3.63) is 17.0 Å². The van der Waals surface area contributed by atoms with Gasteiger partial charge in [-0.1, -0.05) is 11.6 Å². The molecule has 116 valence electrons. The largest absolute Gasteiger partial charge is 0.450 e. The average molecular weight is 315 g/mol. The third kappa shape index (κ3) is 4.18. The fourth-order valence-corrected chi connectivity index (χ4v) is 2.34. The van der Waals surface area contributed by atoms with Gasteiger partial charge in [-0.05, 0) is 6.92 Å². The minimum absolute atomic E-state index is 0.266. The van der Waals surface area contributed by atoms with Crippen LogP contribution in [0.15, 0.2) is 6.07 Å². The number of methoxy groups -OCH3 is 1. The Morgan fingerprint density at radius 3 is 2.67 bits per heavy atom. The summed E-state index contributed by atoms with van der Waals surface area (Å²) in [5, 5.41) is 0.389. The highest BCUT2D eigenvalue weighted by molar-refractivity contribution is 6.29. The van der Waals surface area contributed by atoms with Crippen molar-refractivity contribution in [3.8, 4) is 0 Å². The van der Waals surface area contributed by atoms with Gasteiger partial charge >= 0.3 is 6.09 Å². The van der Waals surface area contributed by atoms with Gasteiger partial charge in [0.05, 0.1) is 6.61 Å². The minimum atomic E-state index is -0.266. The Morgan fingerprint density at radius 2 is 2.05 bits per heavy atom. The molecule has 0 spiro atoms. The predicted molar refractivity (Wildman–Crippen MR) is 78.6 cm³/mol. The third-order valence-corrected chi connectivity index (χ3v) is 3.32. The number of amides is 1. The molecule has 0 N–H and O–H groups in total. The minimum Gasteiger partial charge on any atom is -0.450 e. The number of ether oxygens (including phenoxy) is 2. The molecule has 0 radical (unpaired) electrons. The molecule has 1 aromatic heterocycles. The number of halogens is 1. The molecule has 2 rings (SSSR count). The molecule has 21 heavy (non-hydrogen) atoms. The molecule has 0 aromatic carbocycles. The second kappa shape index (κ2) is 7.42. The van der Waals surface area contributed by atoms with Crippen molar-refractivity contribution in [2.24, 2.45) is 0 Å². The number of nitrogens with zero attached hydrogens (tertiary/aromatic N) is 4. The maximum absolute atomic E-state index is 11.7. The van der Waals surface area contributed by atoms with Gasteiger partial charge in [-0.3, -0.25) is 0 Å². The highest BCUT2D eigenvalue weighted by atomic mass is 35.5. The van der Waals surface area contributed by atoms with E-state index in [0.717, 1.165) is 5.82 Å². The van der Waals surface area contributed by atoms with Crippen LogP contribution in [0.3, 0.4) is 0 Å². The Bertz CT molecular complexity index is 492. The van der Waals surface area contributed by atoms with Gasteiger partial charge < -0.3 is 19.3 Å². The summed E-state index contributed by atoms with van der Waals surface area (Å²) in [6.45, 7) is 5.06. The zero-order valence-corrected chi connectivity index (χ0v) is 13.0. The lowest BCUT2D eigenvalue weighted by atomic mass is 10.3. The molecule has 0 saturated carbocycles. The van der Waals surface area contributed by atoms with Crippen LogP contribution in [0, 0.1) is 0 Å². The molecule has 1 fully saturated rings. The van der Waals surface area contributed by atoms with Crippen LogP contribution in [0.5, 0.6) is 0 Å². The van der Waals surface area contributed by atoms with Gasteiger partial charge in [-0.15, -0.1) is 0 Å². The summed E-state index contributed by atoms with van der Waals surface area (Å²) in [5.41, 5.74) is 0. The van der Waals surface area contributed by atoms with Gasteiger partial charge in [-0.2, -0.15) is 0 Å². The molecule has 0 unspecified atom stereocenters. The van der Waals surface area contributed by atoms with Crippen molar-refractivity contribution in [3.63, 3.8) is 0 Å². The van der Waals surface area contributed by atoms with E-state index in [1.165, 1.54) is 0 Å². The van der Waals surface area contributed by atoms with E-state index in [2.05, 4.69) is 14.9 Å². The molecule has 8 heteroatoms. The lowest BCUT2D eigenvalue weighted by molar-refractivity contribution is 0.105.